The zero-order valence-corrected chi connectivity index (χ0v) is 5.50. The van der Waals surface area contributed by atoms with Crippen LogP contribution in [0.2, 0.25) is 0 Å². The summed E-state index contributed by atoms with van der Waals surface area (Å²) >= 11 is 0. The molecule has 54 valence electrons. The highest BCUT2D eigenvalue weighted by Crippen LogP contribution is 1.93. The van der Waals surface area contributed by atoms with E-state index in [4.69, 9.17) is 10.4 Å². The maximum atomic E-state index is 10.4. The van der Waals surface area contributed by atoms with Crippen molar-refractivity contribution in [1.29, 1.82) is 5.26 Å². The van der Waals surface area contributed by atoms with Crippen molar-refractivity contribution in [3.05, 3.63) is 12.3 Å². The summed E-state index contributed by atoms with van der Waals surface area (Å²) in [7, 11) is 0. The molecule has 0 fully saturated rings. The fraction of sp³-hybridized carbons (Fsp3) is 0.333. The number of carbonyl (C=O) groups excluding carboxylic acids is 1. The number of aliphatic hydroxyl groups excluding tert-OH is 1. The van der Waals surface area contributed by atoms with Gasteiger partial charge >= 0.3 is 5.97 Å². The smallest absolute Gasteiger partial charge is 0.374 e. The van der Waals surface area contributed by atoms with E-state index < -0.39 is 17.8 Å². The van der Waals surface area contributed by atoms with E-state index in [-0.39, 0.29) is 0 Å². The number of ether oxygens (including phenoxy) is 1. The van der Waals surface area contributed by atoms with Gasteiger partial charge in [0.25, 0.3) is 0 Å². The third-order valence-electron chi connectivity index (χ3n) is 0.701. The average Bonchev–Trinajstić information content (AvgIpc) is 1.87. The summed E-state index contributed by atoms with van der Waals surface area (Å²) in [5, 5.41) is 16.5. The Hall–Kier alpha value is -1.50. The van der Waals surface area contributed by atoms with E-state index in [1.165, 1.54) is 6.92 Å². The lowest BCUT2D eigenvalue weighted by atomic mass is 10.4. The first kappa shape index (κ1) is 8.50. The number of hydrogen-bond donors (Lipinski definition) is 1. The van der Waals surface area contributed by atoms with E-state index in [2.05, 4.69) is 11.3 Å². The van der Waals surface area contributed by atoms with Crippen molar-refractivity contribution in [3.8, 4) is 6.07 Å². The fourth-order valence-corrected chi connectivity index (χ4v) is 0.255. The highest BCUT2D eigenvalue weighted by molar-refractivity contribution is 5.85. The van der Waals surface area contributed by atoms with Gasteiger partial charge in [0.1, 0.15) is 6.07 Å². The van der Waals surface area contributed by atoms with Crippen LogP contribution < -0.4 is 0 Å². The molecule has 0 aromatic heterocycles. The summed E-state index contributed by atoms with van der Waals surface area (Å²) in [5.74, 6) is -1.66. The number of hydrogen-bond acceptors (Lipinski definition) is 4. The summed E-state index contributed by atoms with van der Waals surface area (Å²) in [6.45, 7) is 4.30. The molecule has 0 saturated carbocycles. The van der Waals surface area contributed by atoms with Crippen molar-refractivity contribution in [2.45, 2.75) is 13.0 Å². The molecule has 0 aliphatic carbocycles. The van der Waals surface area contributed by atoms with Gasteiger partial charge in [-0.3, -0.25) is 0 Å². The Morgan fingerprint density at radius 3 is 2.70 bits per heavy atom. The first-order chi connectivity index (χ1) is 4.57. The molecule has 0 rings (SSSR count). The number of nitriles is 1. The number of esters is 1. The second-order valence-electron chi connectivity index (χ2n) is 1.62. The molecule has 0 saturated heterocycles. The second kappa shape index (κ2) is 3.51. The van der Waals surface area contributed by atoms with Crippen LogP contribution in [0.3, 0.4) is 0 Å². The topological polar surface area (TPSA) is 70.3 Å². The SMILES string of the molecule is C=C(O)C(=O)OC(C)C#N. The molecule has 0 heterocycles. The first-order valence-corrected chi connectivity index (χ1v) is 2.56. The lowest BCUT2D eigenvalue weighted by Crippen LogP contribution is -2.13. The zero-order chi connectivity index (χ0) is 8.15. The average molecular weight is 141 g/mol. The molecule has 0 aromatic carbocycles. The molecule has 0 radical (unpaired) electrons. The quantitative estimate of drug-likeness (QED) is 0.345. The van der Waals surface area contributed by atoms with Crippen molar-refractivity contribution in [2.75, 3.05) is 0 Å². The van der Waals surface area contributed by atoms with E-state index in [1.807, 2.05) is 0 Å². The number of aliphatic hydroxyl groups is 1. The van der Waals surface area contributed by atoms with E-state index in [0.717, 1.165) is 0 Å². The van der Waals surface area contributed by atoms with Gasteiger partial charge in [0.2, 0.25) is 0 Å². The number of rotatable bonds is 2. The molecule has 0 spiro atoms. The molecule has 4 heteroatoms. The number of nitrogens with zero attached hydrogens (tertiary/aromatic N) is 1. The zero-order valence-electron chi connectivity index (χ0n) is 5.50. The van der Waals surface area contributed by atoms with Crippen LogP contribution in [-0.4, -0.2) is 17.2 Å². The Morgan fingerprint density at radius 2 is 2.40 bits per heavy atom. The van der Waals surface area contributed by atoms with Gasteiger partial charge in [0.05, 0.1) is 0 Å². The van der Waals surface area contributed by atoms with E-state index in [9.17, 15) is 4.79 Å². The minimum atomic E-state index is -0.964. The Kier molecular flexibility index (Phi) is 2.98. The van der Waals surface area contributed by atoms with Crippen molar-refractivity contribution >= 4 is 5.97 Å². The molecule has 1 atom stereocenters. The van der Waals surface area contributed by atoms with Crippen LogP contribution in [0.15, 0.2) is 12.3 Å². The Labute approximate surface area is 58.3 Å². The normalized spacial score (nSPS) is 11.2. The van der Waals surface area contributed by atoms with Crippen LogP contribution in [0.1, 0.15) is 6.92 Å². The monoisotopic (exact) mass is 141 g/mol. The summed E-state index contributed by atoms with van der Waals surface area (Å²) in [4.78, 5) is 10.4. The van der Waals surface area contributed by atoms with Crippen molar-refractivity contribution < 1.29 is 14.6 Å². The molecule has 1 N–H and O–H groups in total. The summed E-state index contributed by atoms with van der Waals surface area (Å²) in [6, 6.07) is 1.66. The Morgan fingerprint density at radius 1 is 1.90 bits per heavy atom. The highest BCUT2D eigenvalue weighted by atomic mass is 16.6. The third-order valence-corrected chi connectivity index (χ3v) is 0.701. The van der Waals surface area contributed by atoms with Crippen molar-refractivity contribution in [1.82, 2.24) is 0 Å². The molecule has 0 aliphatic heterocycles. The molecule has 0 amide bonds. The summed E-state index contributed by atoms with van der Waals surface area (Å²) < 4.78 is 4.31. The molecule has 10 heavy (non-hydrogen) atoms. The van der Waals surface area contributed by atoms with Crippen LogP contribution in [0.4, 0.5) is 0 Å². The molecular weight excluding hydrogens is 134 g/mol. The second-order valence-corrected chi connectivity index (χ2v) is 1.62. The molecule has 0 aromatic rings. The molecular formula is C6H7NO3. The maximum absolute atomic E-state index is 10.4. The predicted octanol–water partition coefficient (Wildman–Crippen LogP) is 0.513. The summed E-state index contributed by atoms with van der Waals surface area (Å²) in [5.41, 5.74) is 0. The summed E-state index contributed by atoms with van der Waals surface area (Å²) in [6.07, 6.45) is -0.851. The molecule has 1 unspecified atom stereocenters. The fourth-order valence-electron chi connectivity index (χ4n) is 0.255. The van der Waals surface area contributed by atoms with Gasteiger partial charge < -0.3 is 9.84 Å². The molecule has 4 nitrogen and oxygen atoms in total. The van der Waals surface area contributed by atoms with Gasteiger partial charge in [-0.15, -0.1) is 0 Å². The lowest BCUT2D eigenvalue weighted by molar-refractivity contribution is -0.144. The van der Waals surface area contributed by atoms with E-state index in [0.29, 0.717) is 0 Å². The largest absolute Gasteiger partial charge is 0.502 e. The third kappa shape index (κ3) is 2.72. The van der Waals surface area contributed by atoms with Crippen LogP contribution >= 0.6 is 0 Å². The highest BCUT2D eigenvalue weighted by Gasteiger charge is 2.09. The van der Waals surface area contributed by atoms with Gasteiger partial charge in [-0.05, 0) is 13.5 Å². The Bertz CT molecular complexity index is 192. The molecule has 0 bridgehead atoms. The van der Waals surface area contributed by atoms with Crippen LogP contribution in [0, 0.1) is 11.3 Å². The van der Waals surface area contributed by atoms with Gasteiger partial charge in [0.15, 0.2) is 11.9 Å². The van der Waals surface area contributed by atoms with Crippen LogP contribution in [0.5, 0.6) is 0 Å². The predicted molar refractivity (Wildman–Crippen MR) is 32.9 cm³/mol. The van der Waals surface area contributed by atoms with Gasteiger partial charge in [0, 0.05) is 0 Å². The Balaban J connectivity index is 3.83. The minimum Gasteiger partial charge on any atom is -0.502 e. The lowest BCUT2D eigenvalue weighted by Gasteiger charge is -2.02. The number of carbonyl (C=O) groups is 1. The van der Waals surface area contributed by atoms with E-state index in [1.54, 1.807) is 6.07 Å². The van der Waals surface area contributed by atoms with Crippen molar-refractivity contribution in [2.24, 2.45) is 0 Å². The first-order valence-electron chi connectivity index (χ1n) is 2.56. The minimum absolute atomic E-state index is 0.692. The van der Waals surface area contributed by atoms with Crippen molar-refractivity contribution in [3.63, 3.8) is 0 Å². The van der Waals surface area contributed by atoms with Gasteiger partial charge in [-0.25, -0.2) is 4.79 Å². The van der Waals surface area contributed by atoms with Gasteiger partial charge in [-0.2, -0.15) is 5.26 Å². The van der Waals surface area contributed by atoms with E-state index >= 15 is 0 Å². The van der Waals surface area contributed by atoms with Crippen LogP contribution in [-0.2, 0) is 9.53 Å². The van der Waals surface area contributed by atoms with Gasteiger partial charge in [-0.1, -0.05) is 0 Å². The maximum Gasteiger partial charge on any atom is 0.374 e. The molecule has 0 aliphatic rings. The standard InChI is InChI=1S/C6H7NO3/c1-4(3-7)10-6(9)5(2)8/h4,8H,2H2,1H3. The van der Waals surface area contributed by atoms with Crippen LogP contribution in [0.25, 0.3) is 0 Å².